The van der Waals surface area contributed by atoms with Crippen LogP contribution in [0.4, 0.5) is 0 Å². The van der Waals surface area contributed by atoms with Crippen LogP contribution in [0.25, 0.3) is 0 Å². The summed E-state index contributed by atoms with van der Waals surface area (Å²) in [6.45, 7) is 6.57. The van der Waals surface area contributed by atoms with Crippen LogP contribution in [-0.2, 0) is 25.5 Å². The van der Waals surface area contributed by atoms with Gasteiger partial charge in [0.25, 0.3) is 11.8 Å². The van der Waals surface area contributed by atoms with Gasteiger partial charge in [-0.15, -0.1) is 0 Å². The van der Waals surface area contributed by atoms with E-state index in [4.69, 9.17) is 18.7 Å². The number of carbonyl (C=O) groups is 4. The van der Waals surface area contributed by atoms with Crippen LogP contribution in [0, 0.1) is 11.3 Å². The first-order valence-corrected chi connectivity index (χ1v) is 14.4. The molecule has 2 aliphatic heterocycles. The van der Waals surface area contributed by atoms with Gasteiger partial charge >= 0.3 is 5.97 Å². The summed E-state index contributed by atoms with van der Waals surface area (Å²) in [6.07, 6.45) is 3.42. The predicted octanol–water partition coefficient (Wildman–Crippen LogP) is 2.76. The normalized spacial score (nSPS) is 19.1. The van der Waals surface area contributed by atoms with Crippen LogP contribution in [-0.4, -0.2) is 80.3 Å². The standard InChI is InChI=1S/C30H42N4O8/c1-5-40-29(38)30(12-10-21(2)3)18-22-8-9-23(25(17-22)39-4)41-19-27(36)31-14-16-34(15-6-7-26(35)32-20-30)28(37)24-11-13-33-42-24/h8-9,11,13,17,21H,5-7,10,12,14-16,18-20H2,1-4H3,(H,31,36)(H,32,35). The number of amides is 3. The second kappa shape index (κ2) is 15.8. The fourth-order valence-electron chi connectivity index (χ4n) is 4.77. The molecular formula is C30H42N4O8. The molecule has 4 rings (SSSR count). The first-order chi connectivity index (χ1) is 20.2. The number of fused-ring (bicyclic) bond motifs is 16. The van der Waals surface area contributed by atoms with E-state index in [0.29, 0.717) is 36.7 Å². The third kappa shape index (κ3) is 9.22. The molecule has 0 spiro atoms. The summed E-state index contributed by atoms with van der Waals surface area (Å²) in [5.41, 5.74) is -0.213. The zero-order chi connectivity index (χ0) is 30.5. The smallest absolute Gasteiger partial charge is 0.314 e. The molecule has 1 atom stereocenters. The Bertz CT molecular complexity index is 1200. The number of nitrogens with one attached hydrogen (secondary N) is 2. The highest BCUT2D eigenvalue weighted by Gasteiger charge is 2.40. The molecule has 3 amide bonds. The average Bonchev–Trinajstić information content (AvgIpc) is 3.51. The van der Waals surface area contributed by atoms with Crippen molar-refractivity contribution in [3.63, 3.8) is 0 Å². The third-order valence-corrected chi connectivity index (χ3v) is 7.13. The number of methoxy groups -OCH3 is 1. The summed E-state index contributed by atoms with van der Waals surface area (Å²) in [5.74, 6) is -0.226. The first-order valence-electron chi connectivity index (χ1n) is 14.4. The Morgan fingerprint density at radius 1 is 1.14 bits per heavy atom. The Morgan fingerprint density at radius 3 is 2.64 bits per heavy atom. The summed E-state index contributed by atoms with van der Waals surface area (Å²) in [6, 6.07) is 6.76. The van der Waals surface area contributed by atoms with Crippen molar-refractivity contribution in [1.82, 2.24) is 20.7 Å². The monoisotopic (exact) mass is 586 g/mol. The van der Waals surface area contributed by atoms with E-state index in [1.807, 2.05) is 6.07 Å². The van der Waals surface area contributed by atoms with Gasteiger partial charge in [-0.2, -0.15) is 0 Å². The van der Waals surface area contributed by atoms with E-state index < -0.39 is 11.3 Å². The van der Waals surface area contributed by atoms with E-state index in [2.05, 4.69) is 29.6 Å². The molecular weight excluding hydrogens is 544 g/mol. The molecule has 12 heteroatoms. The molecule has 230 valence electrons. The van der Waals surface area contributed by atoms with Crippen LogP contribution in [0.3, 0.4) is 0 Å². The summed E-state index contributed by atoms with van der Waals surface area (Å²) in [5, 5.41) is 9.30. The number of carbonyl (C=O) groups excluding carboxylic acids is 4. The van der Waals surface area contributed by atoms with Crippen molar-refractivity contribution in [3.05, 3.63) is 41.8 Å². The van der Waals surface area contributed by atoms with E-state index in [1.165, 1.54) is 24.3 Å². The average molecular weight is 587 g/mol. The largest absolute Gasteiger partial charge is 0.493 e. The quantitative estimate of drug-likeness (QED) is 0.369. The lowest BCUT2D eigenvalue weighted by atomic mass is 9.76. The maximum absolute atomic E-state index is 13.5. The van der Waals surface area contributed by atoms with Gasteiger partial charge in [-0.1, -0.05) is 25.1 Å². The first kappa shape index (κ1) is 32.4. The van der Waals surface area contributed by atoms with E-state index in [1.54, 1.807) is 19.1 Å². The summed E-state index contributed by atoms with van der Waals surface area (Å²) >= 11 is 0. The molecule has 12 nitrogen and oxygen atoms in total. The minimum atomic E-state index is -1.01. The number of benzene rings is 1. The van der Waals surface area contributed by atoms with Crippen molar-refractivity contribution in [2.45, 2.75) is 52.9 Å². The number of ether oxygens (including phenoxy) is 3. The SMILES string of the molecule is CCOC(=O)C1(CCC(C)C)CNC(=O)CCCN(C(=O)c2ccno2)CCNC(=O)COc2ccc(cc2OC)C1. The van der Waals surface area contributed by atoms with Crippen molar-refractivity contribution in [1.29, 1.82) is 0 Å². The molecule has 0 radical (unpaired) electrons. The minimum absolute atomic E-state index is 0.0623. The molecule has 2 N–H and O–H groups in total. The molecule has 2 bridgehead atoms. The third-order valence-electron chi connectivity index (χ3n) is 7.13. The van der Waals surface area contributed by atoms with Crippen molar-refractivity contribution in [2.24, 2.45) is 11.3 Å². The zero-order valence-corrected chi connectivity index (χ0v) is 24.9. The van der Waals surface area contributed by atoms with E-state index in [9.17, 15) is 19.2 Å². The van der Waals surface area contributed by atoms with Gasteiger partial charge in [0.2, 0.25) is 11.7 Å². The van der Waals surface area contributed by atoms with Gasteiger partial charge in [-0.05, 0) is 56.2 Å². The van der Waals surface area contributed by atoms with Gasteiger partial charge in [-0.3, -0.25) is 19.2 Å². The van der Waals surface area contributed by atoms with Crippen molar-refractivity contribution >= 4 is 23.7 Å². The Balaban J connectivity index is 1.91. The molecule has 1 aromatic carbocycles. The molecule has 3 heterocycles. The molecule has 0 aliphatic carbocycles. The Kier molecular flexibility index (Phi) is 12.2. The summed E-state index contributed by atoms with van der Waals surface area (Å²) in [4.78, 5) is 53.5. The second-order valence-electron chi connectivity index (χ2n) is 10.8. The molecule has 2 aromatic rings. The maximum Gasteiger partial charge on any atom is 0.314 e. The minimum Gasteiger partial charge on any atom is -0.493 e. The Hall–Kier alpha value is -4.09. The number of esters is 1. The van der Waals surface area contributed by atoms with E-state index >= 15 is 0 Å². The lowest BCUT2D eigenvalue weighted by molar-refractivity contribution is -0.156. The van der Waals surface area contributed by atoms with Crippen molar-refractivity contribution in [3.8, 4) is 11.5 Å². The van der Waals surface area contributed by atoms with Crippen LogP contribution in [0.15, 0.2) is 35.0 Å². The van der Waals surface area contributed by atoms with E-state index in [0.717, 1.165) is 12.0 Å². The molecule has 0 saturated heterocycles. The van der Waals surface area contributed by atoms with Gasteiger partial charge < -0.3 is 34.3 Å². The number of nitrogens with zero attached hydrogens (tertiary/aromatic N) is 2. The summed E-state index contributed by atoms with van der Waals surface area (Å²) in [7, 11) is 1.50. The van der Waals surface area contributed by atoms with Crippen LogP contribution >= 0.6 is 0 Å². The van der Waals surface area contributed by atoms with Gasteiger partial charge in [0.1, 0.15) is 0 Å². The lowest BCUT2D eigenvalue weighted by Crippen LogP contribution is -2.46. The topological polar surface area (TPSA) is 149 Å². The molecule has 1 unspecified atom stereocenters. The number of rotatable bonds is 7. The van der Waals surface area contributed by atoms with Gasteiger partial charge in [-0.25, -0.2) is 0 Å². The van der Waals surface area contributed by atoms with Crippen molar-refractivity contribution < 1.29 is 37.9 Å². The molecule has 0 fully saturated rings. The number of hydrogen-bond donors (Lipinski definition) is 2. The molecule has 1 aromatic heterocycles. The number of aromatic nitrogens is 1. The van der Waals surface area contributed by atoms with Crippen LogP contribution in [0.5, 0.6) is 11.5 Å². The zero-order valence-electron chi connectivity index (χ0n) is 24.9. The molecule has 0 saturated carbocycles. The Labute approximate surface area is 246 Å². The predicted molar refractivity (Wildman–Crippen MR) is 153 cm³/mol. The van der Waals surface area contributed by atoms with Gasteiger partial charge in [0.05, 0.1) is 25.3 Å². The van der Waals surface area contributed by atoms with Gasteiger partial charge in [0.15, 0.2) is 18.1 Å². The highest BCUT2D eigenvalue weighted by atomic mass is 16.5. The number of hydrogen-bond acceptors (Lipinski definition) is 9. The lowest BCUT2D eigenvalue weighted by Gasteiger charge is -2.33. The fraction of sp³-hybridized carbons (Fsp3) is 0.567. The van der Waals surface area contributed by atoms with Crippen LogP contribution in [0.2, 0.25) is 0 Å². The summed E-state index contributed by atoms with van der Waals surface area (Å²) < 4.78 is 21.8. The van der Waals surface area contributed by atoms with Gasteiger partial charge in [0, 0.05) is 38.7 Å². The maximum atomic E-state index is 13.5. The highest BCUT2D eigenvalue weighted by molar-refractivity contribution is 5.91. The second-order valence-corrected chi connectivity index (χ2v) is 10.8. The van der Waals surface area contributed by atoms with Crippen molar-refractivity contribution in [2.75, 3.05) is 46.5 Å². The molecule has 42 heavy (non-hydrogen) atoms. The fourth-order valence-corrected chi connectivity index (χ4v) is 4.77. The van der Waals surface area contributed by atoms with Crippen LogP contribution in [0.1, 0.15) is 62.6 Å². The molecule has 2 aliphatic rings. The highest BCUT2D eigenvalue weighted by Crippen LogP contribution is 2.35. The Morgan fingerprint density at radius 2 is 1.95 bits per heavy atom. The van der Waals surface area contributed by atoms with Crippen LogP contribution < -0.4 is 20.1 Å². The van der Waals surface area contributed by atoms with E-state index in [-0.39, 0.29) is 69.4 Å².